The lowest BCUT2D eigenvalue weighted by Gasteiger charge is -2.35. The first-order valence-corrected chi connectivity index (χ1v) is 6.43. The van der Waals surface area contributed by atoms with Gasteiger partial charge in [-0.2, -0.15) is 0 Å². The molecule has 4 atom stereocenters. The van der Waals surface area contributed by atoms with Crippen LogP contribution in [0.25, 0.3) is 0 Å². The van der Waals surface area contributed by atoms with Crippen LogP contribution in [-0.4, -0.2) is 70.8 Å². The fraction of sp³-hybridized carbons (Fsp3) is 0.800. The molecule has 0 spiro atoms. The second kappa shape index (κ2) is 7.73. The first kappa shape index (κ1) is 15.4. The number of aliphatic hydroxyl groups is 3. The summed E-state index contributed by atoms with van der Waals surface area (Å²) in [4.78, 5) is 0. The van der Waals surface area contributed by atoms with Crippen molar-refractivity contribution >= 4 is 23.6 Å². The number of aliphatic hydroxyl groups excluding tert-OH is 3. The van der Waals surface area contributed by atoms with Crippen molar-refractivity contribution in [3.63, 3.8) is 0 Å². The second-order valence-electron chi connectivity index (χ2n) is 3.78. The van der Waals surface area contributed by atoms with E-state index in [1.54, 1.807) is 0 Å². The smallest absolute Gasteiger partial charge is 0.394 e. The highest BCUT2D eigenvalue weighted by Gasteiger charge is 2.38. The number of nitrogens with one attached hydrogen (secondary N) is 1. The predicted molar refractivity (Wildman–Crippen MR) is 68.2 cm³/mol. The van der Waals surface area contributed by atoms with Gasteiger partial charge in [-0.3, -0.25) is 5.32 Å². The summed E-state index contributed by atoms with van der Waals surface area (Å²) in [5, 5.41) is 31.3. The summed E-state index contributed by atoms with van der Waals surface area (Å²) in [5.74, 6) is 0. The predicted octanol–water partition coefficient (Wildman–Crippen LogP) is -1.77. The monoisotopic (exact) mass is 281 g/mol. The average molecular weight is 281 g/mol. The summed E-state index contributed by atoms with van der Waals surface area (Å²) in [6.07, 6.45) is -2.72. The number of alkyl halides is 1. The molecule has 1 aliphatic heterocycles. The maximum Gasteiger partial charge on any atom is 0.405 e. The van der Waals surface area contributed by atoms with Gasteiger partial charge < -0.3 is 20.1 Å². The van der Waals surface area contributed by atoms with Crippen LogP contribution in [0.15, 0.2) is 0 Å². The fourth-order valence-electron chi connectivity index (χ4n) is 1.56. The number of thioether (sulfide) groups is 1. The zero-order valence-corrected chi connectivity index (χ0v) is 10.6. The topological polar surface area (TPSA) is 96.1 Å². The molecule has 104 valence electrons. The number of ether oxygens (including phenoxy) is 1. The van der Waals surface area contributed by atoms with Gasteiger partial charge in [0.05, 0.1) is 12.7 Å². The van der Waals surface area contributed by atoms with Crippen molar-refractivity contribution in [2.75, 3.05) is 19.8 Å². The Hall–Kier alpha value is -0.630. The summed E-state index contributed by atoms with van der Waals surface area (Å²) in [6.45, 7) is 2.54. The van der Waals surface area contributed by atoms with Gasteiger partial charge in [-0.05, 0) is 0 Å². The number of nitrogens with zero attached hydrogens (tertiary/aromatic N) is 1. The molecule has 8 heteroatoms. The van der Waals surface area contributed by atoms with E-state index in [4.69, 9.17) is 9.84 Å². The lowest BCUT2D eigenvalue weighted by Crippen LogP contribution is -2.49. The third kappa shape index (κ3) is 4.24. The minimum atomic E-state index is -1.11. The van der Waals surface area contributed by atoms with Crippen LogP contribution >= 0.6 is 11.8 Å². The van der Waals surface area contributed by atoms with E-state index in [0.717, 1.165) is 11.8 Å². The summed E-state index contributed by atoms with van der Waals surface area (Å²) in [5.41, 5.74) is -0.479. The maximum absolute atomic E-state index is 12.0. The van der Waals surface area contributed by atoms with E-state index in [1.807, 2.05) is 0 Å². The standard InChI is InChI=1S/C10H17FN2O4S/c1-12-10(13-3-2-11)18-8-4-6(15)9(16)7(5-14)17-8/h6-9,14-16H,1-5H2/p+1. The van der Waals surface area contributed by atoms with Crippen LogP contribution in [0.3, 0.4) is 0 Å². The Balaban J connectivity index is 2.54. The SMILES string of the molecule is C=[N+]=C(NCCF)SC1CC(O)C(O)C(CO)O1. The molecule has 0 bridgehead atoms. The van der Waals surface area contributed by atoms with Crippen LogP contribution in [0.1, 0.15) is 6.42 Å². The molecule has 0 aliphatic carbocycles. The van der Waals surface area contributed by atoms with E-state index < -0.39 is 30.4 Å². The van der Waals surface area contributed by atoms with Crippen molar-refractivity contribution < 1.29 is 24.4 Å². The summed E-state index contributed by atoms with van der Waals surface area (Å²) in [6, 6.07) is 0. The minimum Gasteiger partial charge on any atom is -0.394 e. The average Bonchev–Trinajstić information content (AvgIpc) is 2.38. The van der Waals surface area contributed by atoms with Crippen molar-refractivity contribution in [1.29, 1.82) is 0 Å². The molecule has 0 amide bonds. The van der Waals surface area contributed by atoms with Crippen LogP contribution < -0.4 is 9.98 Å². The van der Waals surface area contributed by atoms with E-state index in [1.165, 1.54) is 0 Å². The molecule has 1 saturated heterocycles. The Morgan fingerprint density at radius 1 is 1.56 bits per heavy atom. The normalized spacial score (nSPS) is 31.8. The highest BCUT2D eigenvalue weighted by Crippen LogP contribution is 2.27. The molecule has 1 rings (SSSR count). The molecule has 1 fully saturated rings. The molecule has 0 aromatic rings. The second-order valence-corrected chi connectivity index (χ2v) is 4.93. The van der Waals surface area contributed by atoms with Gasteiger partial charge in [0.15, 0.2) is 6.72 Å². The highest BCUT2D eigenvalue weighted by molar-refractivity contribution is 8.14. The number of hydrogen-bond acceptors (Lipinski definition) is 5. The van der Waals surface area contributed by atoms with Crippen molar-refractivity contribution in [3.8, 4) is 0 Å². The molecule has 4 unspecified atom stereocenters. The molecule has 1 heterocycles. The molecule has 6 nitrogen and oxygen atoms in total. The van der Waals surface area contributed by atoms with Crippen LogP contribution in [-0.2, 0) is 4.74 Å². The highest BCUT2D eigenvalue weighted by atomic mass is 32.2. The summed E-state index contributed by atoms with van der Waals surface area (Å²) >= 11 is 1.14. The molecule has 18 heavy (non-hydrogen) atoms. The minimum absolute atomic E-state index is 0.114. The number of rotatable bonds is 4. The molecule has 0 saturated carbocycles. The van der Waals surface area contributed by atoms with Crippen LogP contribution in [0.5, 0.6) is 0 Å². The van der Waals surface area contributed by atoms with Crippen LogP contribution in [0.4, 0.5) is 4.39 Å². The molecule has 1 aliphatic rings. The lowest BCUT2D eigenvalue weighted by molar-refractivity contribution is -0.156. The van der Waals surface area contributed by atoms with Gasteiger partial charge in [0.2, 0.25) is 0 Å². The van der Waals surface area contributed by atoms with Gasteiger partial charge in [0.25, 0.3) is 0 Å². The van der Waals surface area contributed by atoms with Gasteiger partial charge in [-0.15, -0.1) is 0 Å². The van der Waals surface area contributed by atoms with Crippen molar-refractivity contribution in [3.05, 3.63) is 0 Å². The lowest BCUT2D eigenvalue weighted by atomic mass is 10.0. The van der Waals surface area contributed by atoms with Crippen molar-refractivity contribution in [2.45, 2.75) is 30.2 Å². The summed E-state index contributed by atoms with van der Waals surface area (Å²) < 4.78 is 21.1. The number of halogens is 1. The molecule has 0 aromatic heterocycles. The van der Waals surface area contributed by atoms with Gasteiger partial charge in [0.1, 0.15) is 30.9 Å². The molecular weight excluding hydrogens is 263 g/mol. The zero-order valence-electron chi connectivity index (χ0n) is 9.83. The molecule has 0 aromatic carbocycles. The fourth-order valence-corrected chi connectivity index (χ4v) is 2.56. The first-order valence-electron chi connectivity index (χ1n) is 5.55. The Kier molecular flexibility index (Phi) is 6.62. The molecular formula is C10H18FN2O4S+. The number of hydrogen-bond donors (Lipinski definition) is 4. The van der Waals surface area contributed by atoms with Gasteiger partial charge in [0, 0.05) is 18.2 Å². The third-order valence-corrected chi connectivity index (χ3v) is 3.54. The molecule has 0 radical (unpaired) electrons. The molecule has 4 N–H and O–H groups in total. The zero-order chi connectivity index (χ0) is 13.5. The van der Waals surface area contributed by atoms with E-state index in [0.29, 0.717) is 5.17 Å². The van der Waals surface area contributed by atoms with E-state index >= 15 is 0 Å². The van der Waals surface area contributed by atoms with Gasteiger partial charge in [-0.25, -0.2) is 9.06 Å². The first-order chi connectivity index (χ1) is 8.62. The van der Waals surface area contributed by atoms with E-state index in [-0.39, 0.29) is 19.6 Å². The Labute approximate surface area is 109 Å². The van der Waals surface area contributed by atoms with Gasteiger partial charge in [-0.1, -0.05) is 0 Å². The maximum atomic E-state index is 12.0. The number of amidine groups is 1. The largest absolute Gasteiger partial charge is 0.405 e. The summed E-state index contributed by atoms with van der Waals surface area (Å²) in [7, 11) is 0. The Morgan fingerprint density at radius 2 is 2.28 bits per heavy atom. The van der Waals surface area contributed by atoms with Crippen molar-refractivity contribution in [1.82, 2.24) is 9.98 Å². The quantitative estimate of drug-likeness (QED) is 0.277. The third-order valence-electron chi connectivity index (χ3n) is 2.47. The van der Waals surface area contributed by atoms with Crippen molar-refractivity contribution in [2.24, 2.45) is 0 Å². The Bertz CT molecular complexity index is 314. The Morgan fingerprint density at radius 3 is 2.83 bits per heavy atom. The van der Waals surface area contributed by atoms with E-state index in [2.05, 4.69) is 16.7 Å². The van der Waals surface area contributed by atoms with Gasteiger partial charge >= 0.3 is 5.17 Å². The van der Waals surface area contributed by atoms with E-state index in [9.17, 15) is 14.6 Å². The van der Waals surface area contributed by atoms with Crippen LogP contribution in [0, 0.1) is 0 Å². The van der Waals surface area contributed by atoms with Crippen LogP contribution in [0.2, 0.25) is 0 Å².